The van der Waals surface area contributed by atoms with Gasteiger partial charge >= 0.3 is 5.97 Å². The van der Waals surface area contributed by atoms with Crippen molar-refractivity contribution in [3.8, 4) is 0 Å². The molecule has 1 atom stereocenters. The maximum absolute atomic E-state index is 12.8. The quantitative estimate of drug-likeness (QED) is 0.526. The molecule has 7 heteroatoms. The third-order valence-electron chi connectivity index (χ3n) is 5.16. The number of halogens is 1. The first-order valence-electron chi connectivity index (χ1n) is 8.29. The molecule has 0 saturated heterocycles. The first kappa shape index (κ1) is 20.1. The predicted octanol–water partition coefficient (Wildman–Crippen LogP) is 3.97. The summed E-state index contributed by atoms with van der Waals surface area (Å²) in [4.78, 5) is 26.7. The highest BCUT2D eigenvalue weighted by molar-refractivity contribution is 9.10. The smallest absolute Gasteiger partial charge is 0.330 e. The van der Waals surface area contributed by atoms with Crippen LogP contribution in [0.2, 0.25) is 18.1 Å². The molecular formula is C18H26BrNO4Si. The van der Waals surface area contributed by atoms with E-state index < -0.39 is 20.3 Å². The number of methoxy groups -OCH3 is 1. The first-order chi connectivity index (χ1) is 11.5. The van der Waals surface area contributed by atoms with Gasteiger partial charge in [-0.25, -0.2) is 4.79 Å². The van der Waals surface area contributed by atoms with Gasteiger partial charge in [-0.2, -0.15) is 0 Å². The van der Waals surface area contributed by atoms with E-state index >= 15 is 0 Å². The van der Waals surface area contributed by atoms with Gasteiger partial charge in [0.25, 0.3) is 5.91 Å². The monoisotopic (exact) mass is 427 g/mol. The van der Waals surface area contributed by atoms with Crippen LogP contribution >= 0.6 is 15.9 Å². The minimum atomic E-state index is -2.04. The van der Waals surface area contributed by atoms with Crippen LogP contribution in [-0.2, 0) is 20.5 Å². The molecule has 0 aromatic heterocycles. The van der Waals surface area contributed by atoms with Crippen molar-refractivity contribution >= 4 is 36.1 Å². The zero-order chi connectivity index (χ0) is 19.0. The average Bonchev–Trinajstić information content (AvgIpc) is 2.83. The standard InChI is InChI=1S/C18H26BrNO4Si/c1-18(2,3)25(5,6)24-11-15(17(22)23-4)20-10-12-7-8-13(19)9-14(12)16(20)21/h7-9,15H,10-11H2,1-6H3/t15-/m0/s1. The van der Waals surface area contributed by atoms with Crippen molar-refractivity contribution in [2.24, 2.45) is 0 Å². The van der Waals surface area contributed by atoms with Gasteiger partial charge in [0.2, 0.25) is 0 Å². The number of carbonyl (C=O) groups is 2. The van der Waals surface area contributed by atoms with Crippen LogP contribution < -0.4 is 0 Å². The molecule has 1 aromatic carbocycles. The highest BCUT2D eigenvalue weighted by Gasteiger charge is 2.42. The number of nitrogens with zero attached hydrogens (tertiary/aromatic N) is 1. The summed E-state index contributed by atoms with van der Waals surface area (Å²) in [5, 5.41) is 0.0243. The zero-order valence-corrected chi connectivity index (χ0v) is 18.3. The van der Waals surface area contributed by atoms with Gasteiger partial charge in [-0.15, -0.1) is 0 Å². The van der Waals surface area contributed by atoms with Crippen LogP contribution in [0, 0.1) is 0 Å². The van der Waals surface area contributed by atoms with Crippen LogP contribution in [0.15, 0.2) is 22.7 Å². The Morgan fingerprint density at radius 2 is 2.00 bits per heavy atom. The van der Waals surface area contributed by atoms with Crippen LogP contribution in [0.3, 0.4) is 0 Å². The minimum Gasteiger partial charge on any atom is -0.467 e. The minimum absolute atomic E-state index is 0.0243. The molecule has 0 aliphatic carbocycles. The number of fused-ring (bicyclic) bond motifs is 1. The molecule has 1 amide bonds. The van der Waals surface area contributed by atoms with Crippen LogP contribution in [-0.4, -0.2) is 44.9 Å². The van der Waals surface area contributed by atoms with Gasteiger partial charge in [0.05, 0.1) is 13.7 Å². The largest absolute Gasteiger partial charge is 0.467 e. The third-order valence-corrected chi connectivity index (χ3v) is 10.2. The fraction of sp³-hybridized carbons (Fsp3) is 0.556. The van der Waals surface area contributed by atoms with Gasteiger partial charge in [-0.1, -0.05) is 42.8 Å². The molecule has 2 rings (SSSR count). The SMILES string of the molecule is COC(=O)[C@H](CO[Si](C)(C)C(C)(C)C)N1Cc2ccc(Br)cc2C1=O. The fourth-order valence-corrected chi connectivity index (χ4v) is 3.84. The van der Waals surface area contributed by atoms with E-state index in [2.05, 4.69) is 49.8 Å². The van der Waals surface area contributed by atoms with Crippen molar-refractivity contribution in [1.82, 2.24) is 4.90 Å². The number of carbonyl (C=O) groups excluding carboxylic acids is 2. The number of benzene rings is 1. The number of ether oxygens (including phenoxy) is 1. The summed E-state index contributed by atoms with van der Waals surface area (Å²) in [5.41, 5.74) is 1.53. The topological polar surface area (TPSA) is 55.8 Å². The van der Waals surface area contributed by atoms with Crippen LogP contribution in [0.5, 0.6) is 0 Å². The lowest BCUT2D eigenvalue weighted by Gasteiger charge is -2.38. The Hall–Kier alpha value is -1.18. The Morgan fingerprint density at radius 3 is 2.56 bits per heavy atom. The predicted molar refractivity (Wildman–Crippen MR) is 103 cm³/mol. The van der Waals surface area contributed by atoms with Crippen molar-refractivity contribution in [1.29, 1.82) is 0 Å². The maximum Gasteiger partial charge on any atom is 0.330 e. The molecule has 5 nitrogen and oxygen atoms in total. The van der Waals surface area contributed by atoms with Crippen molar-refractivity contribution in [3.63, 3.8) is 0 Å². The summed E-state index contributed by atoms with van der Waals surface area (Å²) < 4.78 is 12.0. The summed E-state index contributed by atoms with van der Waals surface area (Å²) in [7, 11) is -0.702. The van der Waals surface area contributed by atoms with E-state index in [4.69, 9.17) is 9.16 Å². The third kappa shape index (κ3) is 4.15. The second-order valence-electron chi connectivity index (χ2n) is 7.84. The van der Waals surface area contributed by atoms with E-state index in [0.717, 1.165) is 10.0 Å². The van der Waals surface area contributed by atoms with Gasteiger partial charge in [-0.3, -0.25) is 4.79 Å². The Morgan fingerprint density at radius 1 is 1.36 bits per heavy atom. The molecule has 0 unspecified atom stereocenters. The average molecular weight is 428 g/mol. The summed E-state index contributed by atoms with van der Waals surface area (Å²) in [6, 6.07) is 4.86. The second kappa shape index (κ2) is 7.21. The van der Waals surface area contributed by atoms with Crippen molar-refractivity contribution < 1.29 is 18.8 Å². The summed E-state index contributed by atoms with van der Waals surface area (Å²) >= 11 is 3.39. The molecule has 0 saturated carbocycles. The van der Waals surface area contributed by atoms with E-state index in [-0.39, 0.29) is 17.6 Å². The molecule has 0 N–H and O–H groups in total. The summed E-state index contributed by atoms with van der Waals surface area (Å²) in [5.74, 6) is -0.607. The van der Waals surface area contributed by atoms with Crippen molar-refractivity contribution in [3.05, 3.63) is 33.8 Å². The van der Waals surface area contributed by atoms with Crippen LogP contribution in [0.1, 0.15) is 36.7 Å². The zero-order valence-electron chi connectivity index (χ0n) is 15.7. The van der Waals surface area contributed by atoms with Crippen LogP contribution in [0.25, 0.3) is 0 Å². The Kier molecular flexibility index (Phi) is 5.80. The van der Waals surface area contributed by atoms with E-state index in [1.165, 1.54) is 7.11 Å². The molecule has 0 spiro atoms. The highest BCUT2D eigenvalue weighted by atomic mass is 79.9. The van der Waals surface area contributed by atoms with Gasteiger partial charge in [0.15, 0.2) is 14.4 Å². The van der Waals surface area contributed by atoms with Gasteiger partial charge in [-0.05, 0) is 35.8 Å². The number of amides is 1. The Bertz CT molecular complexity index is 684. The second-order valence-corrected chi connectivity index (χ2v) is 13.6. The number of esters is 1. The van der Waals surface area contributed by atoms with E-state index in [1.807, 2.05) is 12.1 Å². The molecule has 1 heterocycles. The number of hydrogen-bond acceptors (Lipinski definition) is 4. The van der Waals surface area contributed by atoms with Crippen LogP contribution in [0.4, 0.5) is 0 Å². The van der Waals surface area contributed by atoms with E-state index in [9.17, 15) is 9.59 Å². The van der Waals surface area contributed by atoms with E-state index in [0.29, 0.717) is 12.1 Å². The van der Waals surface area contributed by atoms with Gasteiger partial charge in [0.1, 0.15) is 0 Å². The summed E-state index contributed by atoms with van der Waals surface area (Å²) in [6.45, 7) is 11.2. The number of hydrogen-bond donors (Lipinski definition) is 0. The molecule has 0 bridgehead atoms. The van der Waals surface area contributed by atoms with E-state index in [1.54, 1.807) is 11.0 Å². The molecule has 1 aliphatic heterocycles. The van der Waals surface area contributed by atoms with Crippen molar-refractivity contribution in [2.75, 3.05) is 13.7 Å². The van der Waals surface area contributed by atoms with Crippen molar-refractivity contribution in [2.45, 2.75) is 51.5 Å². The lowest BCUT2D eigenvalue weighted by molar-refractivity contribution is -0.147. The fourth-order valence-electron chi connectivity index (χ4n) is 2.47. The van der Waals surface area contributed by atoms with Gasteiger partial charge in [0, 0.05) is 16.6 Å². The normalized spacial score (nSPS) is 16.0. The highest BCUT2D eigenvalue weighted by Crippen LogP contribution is 2.37. The molecule has 25 heavy (non-hydrogen) atoms. The lowest BCUT2D eigenvalue weighted by atomic mass is 10.1. The first-order valence-corrected chi connectivity index (χ1v) is 12.0. The number of rotatable bonds is 5. The Balaban J connectivity index is 2.22. The Labute approximate surface area is 158 Å². The molecule has 0 radical (unpaired) electrons. The molecule has 1 aliphatic rings. The molecule has 0 fully saturated rings. The summed E-state index contributed by atoms with van der Waals surface area (Å²) in [6.07, 6.45) is 0. The molecule has 138 valence electrons. The lowest BCUT2D eigenvalue weighted by Crippen LogP contribution is -2.49. The molecular weight excluding hydrogens is 402 g/mol. The molecule has 1 aromatic rings. The van der Waals surface area contributed by atoms with Gasteiger partial charge < -0.3 is 14.1 Å². The maximum atomic E-state index is 12.8.